The monoisotopic (exact) mass is 567 g/mol. The normalized spacial score (nSPS) is 16.4. The zero-order valence-electron chi connectivity index (χ0n) is 23.8. The molecule has 2 unspecified atom stereocenters. The second kappa shape index (κ2) is 11.5. The molecule has 0 aliphatic carbocycles. The highest BCUT2D eigenvalue weighted by Crippen LogP contribution is 2.44. The number of hydrogen-bond donors (Lipinski definition) is 2. The number of pyridine rings is 1. The highest BCUT2D eigenvalue weighted by Gasteiger charge is 2.42. The molecule has 2 aromatic heterocycles. The summed E-state index contributed by atoms with van der Waals surface area (Å²) in [5.41, 5.74) is 7.99. The van der Waals surface area contributed by atoms with E-state index < -0.39 is 0 Å². The third-order valence-electron chi connectivity index (χ3n) is 7.50. The van der Waals surface area contributed by atoms with Gasteiger partial charge in [0, 0.05) is 41.1 Å². The Morgan fingerprint density at radius 2 is 1.83 bits per heavy atom. The van der Waals surface area contributed by atoms with Crippen molar-refractivity contribution in [1.29, 1.82) is 0 Å². The fraction of sp³-hybridized carbons (Fsp3) is 0.250. The van der Waals surface area contributed by atoms with E-state index in [9.17, 15) is 9.59 Å². The first kappa shape index (κ1) is 28.0. The molecule has 0 saturated carbocycles. The Kier molecular flexibility index (Phi) is 7.90. The quantitative estimate of drug-likeness (QED) is 0.206. The third-order valence-corrected chi connectivity index (χ3v) is 7.81. The number of esters is 1. The molecule has 8 nitrogen and oxygen atoms in total. The largest absolute Gasteiger partial charge is 0.465 e. The molecule has 4 aromatic rings. The van der Waals surface area contributed by atoms with Crippen LogP contribution in [0, 0.1) is 20.8 Å². The predicted molar refractivity (Wildman–Crippen MR) is 165 cm³/mol. The fourth-order valence-corrected chi connectivity index (χ4v) is 5.85. The molecule has 9 heteroatoms. The molecule has 1 saturated heterocycles. The van der Waals surface area contributed by atoms with Gasteiger partial charge < -0.3 is 24.8 Å². The highest BCUT2D eigenvalue weighted by atomic mass is 32.1. The van der Waals surface area contributed by atoms with E-state index in [0.717, 1.165) is 45.3 Å². The van der Waals surface area contributed by atoms with Crippen LogP contribution in [0.5, 0.6) is 0 Å². The summed E-state index contributed by atoms with van der Waals surface area (Å²) in [7, 11) is 1.38. The first-order valence-corrected chi connectivity index (χ1v) is 13.9. The smallest absolute Gasteiger partial charge is 0.337 e. The summed E-state index contributed by atoms with van der Waals surface area (Å²) in [4.78, 5) is 31.1. The van der Waals surface area contributed by atoms with Gasteiger partial charge in [0.05, 0.1) is 30.5 Å². The number of aromatic nitrogens is 2. The van der Waals surface area contributed by atoms with E-state index in [-0.39, 0.29) is 24.0 Å². The number of aryl methyl sites for hydroxylation is 2. The Bertz CT molecular complexity index is 1630. The van der Waals surface area contributed by atoms with Gasteiger partial charge in [0.15, 0.2) is 5.11 Å². The molecule has 1 fully saturated rings. The number of nitrogens with zero attached hydrogens (tertiary/aromatic N) is 3. The summed E-state index contributed by atoms with van der Waals surface area (Å²) in [6.45, 7) is 7.94. The number of hydrogen-bond acceptors (Lipinski definition) is 5. The molecule has 5 rings (SSSR count). The van der Waals surface area contributed by atoms with E-state index in [1.54, 1.807) is 12.3 Å². The lowest BCUT2D eigenvalue weighted by Crippen LogP contribution is -2.29. The summed E-state index contributed by atoms with van der Waals surface area (Å²) in [6.07, 6.45) is 2.20. The predicted octanol–water partition coefficient (Wildman–Crippen LogP) is 6.11. The fourth-order valence-electron chi connectivity index (χ4n) is 5.50. The molecular weight excluding hydrogens is 534 g/mol. The number of anilines is 2. The minimum Gasteiger partial charge on any atom is -0.465 e. The Morgan fingerprint density at radius 1 is 1.02 bits per heavy atom. The maximum Gasteiger partial charge on any atom is 0.337 e. The van der Waals surface area contributed by atoms with Gasteiger partial charge >= 0.3 is 5.97 Å². The van der Waals surface area contributed by atoms with Gasteiger partial charge in [-0.25, -0.2) is 4.79 Å². The highest BCUT2D eigenvalue weighted by molar-refractivity contribution is 7.80. The van der Waals surface area contributed by atoms with Crippen molar-refractivity contribution < 1.29 is 14.3 Å². The molecule has 1 amide bonds. The van der Waals surface area contributed by atoms with E-state index in [2.05, 4.69) is 45.0 Å². The van der Waals surface area contributed by atoms with E-state index in [1.807, 2.05) is 68.4 Å². The molecule has 1 aliphatic heterocycles. The van der Waals surface area contributed by atoms with Crippen molar-refractivity contribution in [3.8, 4) is 5.69 Å². The first-order chi connectivity index (χ1) is 19.7. The Balaban J connectivity index is 1.63. The molecule has 3 heterocycles. The topological polar surface area (TPSA) is 88.5 Å². The van der Waals surface area contributed by atoms with Gasteiger partial charge in [0.1, 0.15) is 0 Å². The van der Waals surface area contributed by atoms with Crippen LogP contribution < -0.4 is 15.5 Å². The lowest BCUT2D eigenvalue weighted by atomic mass is 9.96. The number of ether oxygens (including phenoxy) is 1. The minimum absolute atomic E-state index is 0.0315. The van der Waals surface area contributed by atoms with Crippen molar-refractivity contribution in [2.75, 3.05) is 17.3 Å². The number of carbonyl (C=O) groups excluding carboxylic acids is 2. The molecule has 1 aliphatic rings. The van der Waals surface area contributed by atoms with Gasteiger partial charge in [-0.1, -0.05) is 19.1 Å². The summed E-state index contributed by atoms with van der Waals surface area (Å²) in [6, 6.07) is 21.0. The number of amides is 1. The van der Waals surface area contributed by atoms with Crippen LogP contribution >= 0.6 is 12.2 Å². The molecule has 210 valence electrons. The van der Waals surface area contributed by atoms with Gasteiger partial charge in [-0.05, 0) is 98.7 Å². The van der Waals surface area contributed by atoms with Crippen molar-refractivity contribution in [1.82, 2.24) is 14.9 Å². The van der Waals surface area contributed by atoms with Crippen LogP contribution in [0.1, 0.15) is 64.0 Å². The van der Waals surface area contributed by atoms with Crippen LogP contribution in [-0.4, -0.2) is 33.6 Å². The summed E-state index contributed by atoms with van der Waals surface area (Å²) in [5, 5.41) is 7.08. The molecular formula is C32H33N5O3S. The number of benzene rings is 2. The Morgan fingerprint density at radius 3 is 2.51 bits per heavy atom. The Labute approximate surface area is 245 Å². The molecule has 41 heavy (non-hydrogen) atoms. The van der Waals surface area contributed by atoms with E-state index >= 15 is 0 Å². The van der Waals surface area contributed by atoms with E-state index in [4.69, 9.17) is 17.0 Å². The van der Waals surface area contributed by atoms with Crippen LogP contribution in [0.25, 0.3) is 5.69 Å². The molecule has 2 N–H and O–H groups in total. The zero-order chi connectivity index (χ0) is 29.3. The Hall–Kier alpha value is -4.50. The van der Waals surface area contributed by atoms with Gasteiger partial charge in [-0.2, -0.15) is 0 Å². The van der Waals surface area contributed by atoms with Gasteiger partial charge in [-0.15, -0.1) is 0 Å². The maximum absolute atomic E-state index is 12.3. The van der Waals surface area contributed by atoms with Crippen LogP contribution in [0.2, 0.25) is 0 Å². The third kappa shape index (κ3) is 5.32. The zero-order valence-corrected chi connectivity index (χ0v) is 24.6. The van der Waals surface area contributed by atoms with Crippen molar-refractivity contribution in [2.45, 2.75) is 46.2 Å². The van der Waals surface area contributed by atoms with Crippen LogP contribution in [0.4, 0.5) is 11.4 Å². The molecule has 0 bridgehead atoms. The summed E-state index contributed by atoms with van der Waals surface area (Å²) < 4.78 is 7.09. The number of thiocarbonyl (C=S) groups is 1. The average Bonchev–Trinajstić information content (AvgIpc) is 3.48. The lowest BCUT2D eigenvalue weighted by molar-refractivity contribution is -0.115. The van der Waals surface area contributed by atoms with Crippen molar-refractivity contribution in [3.05, 3.63) is 107 Å². The number of carbonyl (C=O) groups is 2. The van der Waals surface area contributed by atoms with Gasteiger partial charge in [0.2, 0.25) is 5.91 Å². The van der Waals surface area contributed by atoms with Crippen LogP contribution in [0.3, 0.4) is 0 Å². The SMILES string of the molecule is CCC(=O)Nc1ccc(N2C(=S)NC(c3ccccn3)C2c2cc(C)n(-c3cccc(C(=O)OC)c3)c2C)cc1C. The number of methoxy groups -OCH3 is 1. The summed E-state index contributed by atoms with van der Waals surface area (Å²) >= 11 is 5.94. The van der Waals surface area contributed by atoms with Gasteiger partial charge in [-0.3, -0.25) is 9.78 Å². The lowest BCUT2D eigenvalue weighted by Gasteiger charge is -2.29. The van der Waals surface area contributed by atoms with Crippen molar-refractivity contribution in [3.63, 3.8) is 0 Å². The minimum atomic E-state index is -0.379. The standard InChI is InChI=1S/C32H33N5O3S/c1-6-28(38)34-26-14-13-24(16-19(26)2)37-30(29(35-32(37)41)27-12-7-8-15-33-27)25-17-20(3)36(21(25)4)23-11-9-10-22(18-23)31(39)40-5/h7-18,29-30H,6H2,1-5H3,(H,34,38)(H,35,41). The van der Waals surface area contributed by atoms with E-state index in [1.165, 1.54) is 7.11 Å². The second-order valence-electron chi connectivity index (χ2n) is 10.1. The maximum atomic E-state index is 12.3. The number of nitrogens with one attached hydrogen (secondary N) is 2. The molecule has 0 spiro atoms. The summed E-state index contributed by atoms with van der Waals surface area (Å²) in [5.74, 6) is -0.411. The average molecular weight is 568 g/mol. The second-order valence-corrected chi connectivity index (χ2v) is 10.5. The van der Waals surface area contributed by atoms with Gasteiger partial charge in [0.25, 0.3) is 0 Å². The number of rotatable bonds is 7. The first-order valence-electron chi connectivity index (χ1n) is 13.5. The molecule has 2 aromatic carbocycles. The van der Waals surface area contributed by atoms with Crippen molar-refractivity contribution >= 4 is 40.6 Å². The van der Waals surface area contributed by atoms with Crippen molar-refractivity contribution in [2.24, 2.45) is 0 Å². The van der Waals surface area contributed by atoms with Crippen LogP contribution in [0.15, 0.2) is 72.9 Å². The molecule has 0 radical (unpaired) electrons. The van der Waals surface area contributed by atoms with E-state index in [0.29, 0.717) is 17.1 Å². The van der Waals surface area contributed by atoms with Crippen LogP contribution in [-0.2, 0) is 9.53 Å². The molecule has 2 atom stereocenters.